The highest BCUT2D eigenvalue weighted by atomic mass is 16.5. The number of aliphatic hydroxyl groups is 1. The third-order valence-corrected chi connectivity index (χ3v) is 9.65. The first-order valence-electron chi connectivity index (χ1n) is 13.9. The van der Waals surface area contributed by atoms with Crippen molar-refractivity contribution in [3.05, 3.63) is 64.3 Å². The first-order chi connectivity index (χ1) is 18.5. The second-order valence-electron chi connectivity index (χ2n) is 11.3. The molecule has 2 fully saturated rings. The summed E-state index contributed by atoms with van der Waals surface area (Å²) in [6.07, 6.45) is 3.64. The van der Waals surface area contributed by atoms with E-state index in [1.54, 1.807) is 7.11 Å². The van der Waals surface area contributed by atoms with Gasteiger partial charge in [-0.3, -0.25) is 4.90 Å². The van der Waals surface area contributed by atoms with Crippen LogP contribution in [0.2, 0.25) is 0 Å². The Morgan fingerprint density at radius 2 is 2.00 bits per heavy atom. The van der Waals surface area contributed by atoms with Gasteiger partial charge in [0.2, 0.25) is 0 Å². The molecule has 2 unspecified atom stereocenters. The van der Waals surface area contributed by atoms with Gasteiger partial charge in [-0.05, 0) is 61.4 Å². The van der Waals surface area contributed by atoms with Gasteiger partial charge in [0.1, 0.15) is 0 Å². The van der Waals surface area contributed by atoms with E-state index in [0.717, 1.165) is 25.1 Å². The van der Waals surface area contributed by atoms with Crippen LogP contribution in [0.4, 0.5) is 0 Å². The lowest BCUT2D eigenvalue weighted by Gasteiger charge is -2.63. The molecule has 2 aromatic carbocycles. The molecule has 7 nitrogen and oxygen atoms in total. The minimum atomic E-state index is -1.17. The van der Waals surface area contributed by atoms with Crippen LogP contribution in [0.25, 0.3) is 10.9 Å². The summed E-state index contributed by atoms with van der Waals surface area (Å²) in [6.45, 7) is 5.87. The van der Waals surface area contributed by atoms with Crippen molar-refractivity contribution < 1.29 is 24.5 Å². The Morgan fingerprint density at radius 1 is 1.21 bits per heavy atom. The normalized spacial score (nSPS) is 30.0. The summed E-state index contributed by atoms with van der Waals surface area (Å²) < 4.78 is 12.5. The lowest BCUT2D eigenvalue weighted by Crippen LogP contribution is -2.74. The number of benzene rings is 2. The van der Waals surface area contributed by atoms with E-state index >= 15 is 0 Å². The number of ether oxygens (including phenoxy) is 2. The molecule has 4 atom stereocenters. The molecule has 2 aliphatic heterocycles. The van der Waals surface area contributed by atoms with Gasteiger partial charge in [-0.15, -0.1) is 0 Å². The smallest absolute Gasteiger partial charge is 0.336 e. The molecule has 2 N–H and O–H groups in total. The Balaban J connectivity index is 0.00000118. The molecule has 5 aliphatic rings. The van der Waals surface area contributed by atoms with E-state index in [0.29, 0.717) is 46.0 Å². The van der Waals surface area contributed by atoms with Crippen molar-refractivity contribution in [3.63, 3.8) is 0 Å². The number of carboxylic acid groups (broad SMARTS) is 1. The minimum absolute atomic E-state index is 0.105. The molecule has 3 heterocycles. The predicted octanol–water partition coefficient (Wildman–Crippen LogP) is 4.67. The molecule has 198 valence electrons. The Morgan fingerprint density at radius 3 is 2.74 bits per heavy atom. The number of fused-ring (bicyclic) bond motifs is 3. The zero-order valence-electron chi connectivity index (χ0n) is 22.2. The van der Waals surface area contributed by atoms with E-state index < -0.39 is 23.1 Å². The number of methoxy groups -OCH3 is 1. The van der Waals surface area contributed by atoms with E-state index in [2.05, 4.69) is 11.0 Å². The molecule has 3 aliphatic carbocycles. The van der Waals surface area contributed by atoms with Gasteiger partial charge in [-0.2, -0.15) is 0 Å². The van der Waals surface area contributed by atoms with E-state index in [9.17, 15) is 15.0 Å². The molecule has 1 saturated carbocycles. The first-order valence-corrected chi connectivity index (χ1v) is 13.9. The zero-order chi connectivity index (χ0) is 26.4. The lowest BCUT2D eigenvalue weighted by molar-refractivity contribution is -0.173. The Hall–Kier alpha value is -3.16. The summed E-state index contributed by atoms with van der Waals surface area (Å²) in [4.78, 5) is 20.2. The van der Waals surface area contributed by atoms with Crippen LogP contribution in [-0.4, -0.2) is 57.9 Å². The summed E-state index contributed by atoms with van der Waals surface area (Å²) in [5.41, 5.74) is 2.53. The van der Waals surface area contributed by atoms with E-state index in [1.165, 1.54) is 18.4 Å². The number of piperidine rings is 1. The maximum absolute atomic E-state index is 12.9. The van der Waals surface area contributed by atoms with Crippen LogP contribution < -0.4 is 9.47 Å². The molecule has 1 aromatic heterocycles. The number of likely N-dealkylation sites (tertiary alicyclic amines) is 1. The van der Waals surface area contributed by atoms with Crippen LogP contribution in [0.1, 0.15) is 72.0 Å². The molecule has 1 spiro atoms. The van der Waals surface area contributed by atoms with Gasteiger partial charge in [0.15, 0.2) is 17.6 Å². The minimum Gasteiger partial charge on any atom is -0.493 e. The number of hydrogen-bond donors (Lipinski definition) is 2. The largest absolute Gasteiger partial charge is 0.493 e. The Bertz CT molecular complexity index is 1480. The van der Waals surface area contributed by atoms with Crippen molar-refractivity contribution >= 4 is 16.9 Å². The van der Waals surface area contributed by atoms with Crippen LogP contribution in [0.3, 0.4) is 0 Å². The van der Waals surface area contributed by atoms with E-state index in [-0.39, 0.29) is 18.0 Å². The third-order valence-electron chi connectivity index (χ3n) is 9.65. The summed E-state index contributed by atoms with van der Waals surface area (Å²) >= 11 is 0. The van der Waals surface area contributed by atoms with Gasteiger partial charge >= 0.3 is 5.97 Å². The van der Waals surface area contributed by atoms with Gasteiger partial charge in [0.25, 0.3) is 0 Å². The molecule has 0 amide bonds. The van der Waals surface area contributed by atoms with Crippen molar-refractivity contribution in [1.82, 2.24) is 9.88 Å². The summed E-state index contributed by atoms with van der Waals surface area (Å²) in [6, 6.07) is 11.4. The number of aromatic carboxylic acids is 1. The van der Waals surface area contributed by atoms with Gasteiger partial charge in [0.05, 0.1) is 34.9 Å². The Kier molecular flexibility index (Phi) is 5.14. The molecule has 1 saturated heterocycles. The molecule has 8 rings (SSSR count). The van der Waals surface area contributed by atoms with Crippen molar-refractivity contribution in [3.8, 4) is 11.5 Å². The standard InChI is InChI=1S/C29H28N2O5.C2H6/c1-35-20-9-8-16-12-21-29(34)13-18-22(27(32)33)17-4-2-3-5-19(17)30-24(18)26-28(29,23(16)25(20)36-26)10-11-31(21)14-15-6-7-15;1-2/h2-5,8-9,15,21,26,34H,6-7,10-14H2,1H3,(H,32,33);1-2H3/t21-,26?,28+,29?;/m1./s1. The number of nitrogens with zero attached hydrogens (tertiary/aromatic N) is 2. The maximum Gasteiger partial charge on any atom is 0.336 e. The predicted molar refractivity (Wildman–Crippen MR) is 143 cm³/mol. The fraction of sp³-hybridized carbons (Fsp3) is 0.484. The summed E-state index contributed by atoms with van der Waals surface area (Å²) in [7, 11) is 1.64. The van der Waals surface area contributed by atoms with Gasteiger partial charge in [-0.25, -0.2) is 9.78 Å². The highest BCUT2D eigenvalue weighted by molar-refractivity contribution is 6.04. The number of rotatable bonds is 4. The average molecular weight is 515 g/mol. The van der Waals surface area contributed by atoms with Crippen molar-refractivity contribution in [2.45, 2.75) is 69.1 Å². The molecule has 3 aromatic rings. The van der Waals surface area contributed by atoms with Crippen molar-refractivity contribution in [2.24, 2.45) is 5.92 Å². The zero-order valence-corrected chi connectivity index (χ0v) is 22.2. The van der Waals surface area contributed by atoms with Gasteiger partial charge < -0.3 is 19.7 Å². The number of carbonyl (C=O) groups is 1. The van der Waals surface area contributed by atoms with Gasteiger partial charge in [0, 0.05) is 30.0 Å². The molecule has 2 bridgehead atoms. The van der Waals surface area contributed by atoms with Crippen LogP contribution in [0.15, 0.2) is 36.4 Å². The van der Waals surface area contributed by atoms with E-state index in [1.807, 2.05) is 44.2 Å². The molecule has 7 heteroatoms. The first kappa shape index (κ1) is 23.9. The monoisotopic (exact) mass is 514 g/mol. The number of para-hydroxylation sites is 1. The lowest BCUT2D eigenvalue weighted by atomic mass is 9.48. The van der Waals surface area contributed by atoms with Crippen LogP contribution in [0.5, 0.6) is 11.5 Å². The summed E-state index contributed by atoms with van der Waals surface area (Å²) in [5, 5.41) is 23.9. The van der Waals surface area contributed by atoms with Crippen molar-refractivity contribution in [2.75, 3.05) is 20.2 Å². The number of aromatic nitrogens is 1. The second-order valence-corrected chi connectivity index (χ2v) is 11.3. The van der Waals surface area contributed by atoms with Crippen LogP contribution in [-0.2, 0) is 18.3 Å². The Labute approximate surface area is 222 Å². The maximum atomic E-state index is 12.9. The number of carboxylic acids is 1. The van der Waals surface area contributed by atoms with E-state index in [4.69, 9.17) is 14.5 Å². The topological polar surface area (TPSA) is 92.1 Å². The number of pyridine rings is 1. The number of hydrogen-bond acceptors (Lipinski definition) is 6. The van der Waals surface area contributed by atoms with Crippen LogP contribution in [0, 0.1) is 5.92 Å². The van der Waals surface area contributed by atoms with Crippen LogP contribution >= 0.6 is 0 Å². The molecule has 0 radical (unpaired) electrons. The molecule has 38 heavy (non-hydrogen) atoms. The highest BCUT2D eigenvalue weighted by Gasteiger charge is 2.73. The average Bonchev–Trinajstić information content (AvgIpc) is 3.67. The fourth-order valence-corrected chi connectivity index (χ4v) is 7.98. The fourth-order valence-electron chi connectivity index (χ4n) is 7.98. The molecular formula is C31H34N2O5. The third kappa shape index (κ3) is 2.86. The summed E-state index contributed by atoms with van der Waals surface area (Å²) in [5.74, 6) is 1.04. The molecular weight excluding hydrogens is 480 g/mol. The SMILES string of the molecule is CC.COc1ccc2c3c1OC1c4nc5ccccc5c(C(=O)O)c4CC4(O)[C@@H](C2)N(CC2CC2)CC[C@]314. The van der Waals surface area contributed by atoms with Crippen molar-refractivity contribution in [1.29, 1.82) is 0 Å². The highest BCUT2D eigenvalue weighted by Crippen LogP contribution is 2.69. The second kappa shape index (κ2) is 8.17. The quantitative estimate of drug-likeness (QED) is 0.523. The van der Waals surface area contributed by atoms with Gasteiger partial charge in [-0.1, -0.05) is 38.1 Å².